The molecule has 0 radical (unpaired) electrons. The van der Waals surface area contributed by atoms with Crippen LogP contribution in [0.5, 0.6) is 0 Å². The third-order valence-electron chi connectivity index (χ3n) is 3.23. The first kappa shape index (κ1) is 10.9. The monoisotopic (exact) mass is 224 g/mol. The molecule has 15 heavy (non-hydrogen) atoms. The van der Waals surface area contributed by atoms with Gasteiger partial charge in [0.05, 0.1) is 0 Å². The van der Waals surface area contributed by atoms with Gasteiger partial charge in [-0.25, -0.2) is 0 Å². The van der Waals surface area contributed by atoms with E-state index in [4.69, 9.17) is 17.3 Å². The zero-order chi connectivity index (χ0) is 10.8. The molecule has 1 aromatic carbocycles. The highest BCUT2D eigenvalue weighted by Crippen LogP contribution is 2.19. The highest BCUT2D eigenvalue weighted by atomic mass is 35.5. The lowest BCUT2D eigenvalue weighted by Crippen LogP contribution is -2.39. The molecule has 1 fully saturated rings. The van der Waals surface area contributed by atoms with Crippen molar-refractivity contribution in [1.82, 2.24) is 4.90 Å². The quantitative estimate of drug-likeness (QED) is 0.832. The molecule has 0 aromatic heterocycles. The number of rotatable bonds is 2. The molecule has 3 heteroatoms. The third kappa shape index (κ3) is 2.51. The van der Waals surface area contributed by atoms with Gasteiger partial charge in [-0.3, -0.25) is 0 Å². The van der Waals surface area contributed by atoms with E-state index in [1.54, 1.807) is 0 Å². The van der Waals surface area contributed by atoms with Crippen LogP contribution in [-0.2, 0) is 6.42 Å². The first-order valence-electron chi connectivity index (χ1n) is 5.37. The van der Waals surface area contributed by atoms with E-state index in [0.29, 0.717) is 12.1 Å². The maximum Gasteiger partial charge on any atom is 0.0406 e. The van der Waals surface area contributed by atoms with Crippen LogP contribution in [0, 0.1) is 0 Å². The average molecular weight is 225 g/mol. The minimum atomic E-state index is 0.311. The van der Waals surface area contributed by atoms with Gasteiger partial charge in [0.1, 0.15) is 0 Å². The molecule has 1 aliphatic rings. The highest BCUT2D eigenvalue weighted by molar-refractivity contribution is 6.30. The summed E-state index contributed by atoms with van der Waals surface area (Å²) in [5.41, 5.74) is 7.39. The van der Waals surface area contributed by atoms with Gasteiger partial charge < -0.3 is 10.6 Å². The maximum absolute atomic E-state index is 6.08. The minimum Gasteiger partial charge on any atom is -0.326 e. The number of benzene rings is 1. The van der Waals surface area contributed by atoms with Crippen LogP contribution in [0.3, 0.4) is 0 Å². The number of likely N-dealkylation sites (N-methyl/N-ethyl adjacent to an activating group) is 1. The smallest absolute Gasteiger partial charge is 0.0406 e. The molecular formula is C12H17ClN2. The van der Waals surface area contributed by atoms with E-state index in [9.17, 15) is 0 Å². The van der Waals surface area contributed by atoms with Crippen molar-refractivity contribution in [1.29, 1.82) is 0 Å². The van der Waals surface area contributed by atoms with Crippen LogP contribution in [0.15, 0.2) is 24.3 Å². The summed E-state index contributed by atoms with van der Waals surface area (Å²) in [6.07, 6.45) is 2.13. The van der Waals surface area contributed by atoms with Crippen molar-refractivity contribution in [2.75, 3.05) is 13.6 Å². The molecule has 1 heterocycles. The van der Waals surface area contributed by atoms with Gasteiger partial charge in [0.2, 0.25) is 0 Å². The Bertz CT molecular complexity index is 313. The van der Waals surface area contributed by atoms with Crippen molar-refractivity contribution >= 4 is 11.6 Å². The molecular weight excluding hydrogens is 208 g/mol. The van der Waals surface area contributed by atoms with E-state index < -0.39 is 0 Å². The number of nitrogens with two attached hydrogens (primary N) is 1. The summed E-state index contributed by atoms with van der Waals surface area (Å²) >= 11 is 5.85. The SMILES string of the molecule is CN1CCC(N)C1Cc1ccc(Cl)cc1. The van der Waals surface area contributed by atoms with E-state index in [-0.39, 0.29) is 0 Å². The van der Waals surface area contributed by atoms with Crippen molar-refractivity contribution < 1.29 is 0 Å². The molecule has 2 rings (SSSR count). The molecule has 0 saturated carbocycles. The van der Waals surface area contributed by atoms with E-state index in [0.717, 1.165) is 24.4 Å². The Balaban J connectivity index is 2.04. The topological polar surface area (TPSA) is 29.3 Å². The number of likely N-dealkylation sites (tertiary alicyclic amines) is 1. The molecule has 0 aliphatic carbocycles. The number of nitrogens with zero attached hydrogens (tertiary/aromatic N) is 1. The molecule has 1 saturated heterocycles. The Morgan fingerprint density at radius 1 is 1.40 bits per heavy atom. The summed E-state index contributed by atoms with van der Waals surface area (Å²) in [4.78, 5) is 2.35. The Morgan fingerprint density at radius 3 is 2.60 bits per heavy atom. The standard InChI is InChI=1S/C12H17ClN2/c1-15-7-6-11(14)12(15)8-9-2-4-10(13)5-3-9/h2-5,11-12H,6-8,14H2,1H3. The fraction of sp³-hybridized carbons (Fsp3) is 0.500. The molecule has 0 spiro atoms. The summed E-state index contributed by atoms with van der Waals surface area (Å²) in [7, 11) is 2.15. The molecule has 0 bridgehead atoms. The molecule has 2 atom stereocenters. The lowest BCUT2D eigenvalue weighted by molar-refractivity contribution is 0.296. The van der Waals surface area contributed by atoms with Crippen molar-refractivity contribution in [3.8, 4) is 0 Å². The zero-order valence-corrected chi connectivity index (χ0v) is 9.74. The molecule has 0 amide bonds. The van der Waals surface area contributed by atoms with Gasteiger partial charge in [0.15, 0.2) is 0 Å². The molecule has 1 aliphatic heterocycles. The predicted octanol–water partition coefficient (Wildman–Crippen LogP) is 1.91. The Labute approximate surface area is 96.0 Å². The largest absolute Gasteiger partial charge is 0.326 e. The van der Waals surface area contributed by atoms with Crippen LogP contribution in [0.25, 0.3) is 0 Å². The van der Waals surface area contributed by atoms with Crippen LogP contribution in [0.1, 0.15) is 12.0 Å². The predicted molar refractivity (Wildman–Crippen MR) is 64.2 cm³/mol. The first-order valence-corrected chi connectivity index (χ1v) is 5.75. The van der Waals surface area contributed by atoms with Gasteiger partial charge >= 0.3 is 0 Å². The van der Waals surface area contributed by atoms with Crippen molar-refractivity contribution in [2.45, 2.75) is 24.9 Å². The Hall–Kier alpha value is -0.570. The summed E-state index contributed by atoms with van der Waals surface area (Å²) in [5.74, 6) is 0. The highest BCUT2D eigenvalue weighted by Gasteiger charge is 2.28. The first-order chi connectivity index (χ1) is 7.16. The molecule has 1 aromatic rings. The van der Waals surface area contributed by atoms with E-state index >= 15 is 0 Å². The second-order valence-electron chi connectivity index (χ2n) is 4.33. The molecule has 2 N–H and O–H groups in total. The molecule has 2 nitrogen and oxygen atoms in total. The normalized spacial score (nSPS) is 27.1. The van der Waals surface area contributed by atoms with Crippen LogP contribution in [0.4, 0.5) is 0 Å². The van der Waals surface area contributed by atoms with E-state index in [1.165, 1.54) is 5.56 Å². The number of hydrogen-bond acceptors (Lipinski definition) is 2. The second-order valence-corrected chi connectivity index (χ2v) is 4.77. The third-order valence-corrected chi connectivity index (χ3v) is 3.49. The maximum atomic E-state index is 6.08. The van der Waals surface area contributed by atoms with Crippen molar-refractivity contribution in [3.05, 3.63) is 34.9 Å². The second kappa shape index (κ2) is 4.52. The van der Waals surface area contributed by atoms with E-state index in [1.807, 2.05) is 12.1 Å². The summed E-state index contributed by atoms with van der Waals surface area (Å²) < 4.78 is 0. The van der Waals surface area contributed by atoms with Crippen LogP contribution in [0.2, 0.25) is 5.02 Å². The van der Waals surface area contributed by atoms with Crippen molar-refractivity contribution in [3.63, 3.8) is 0 Å². The van der Waals surface area contributed by atoms with Crippen molar-refractivity contribution in [2.24, 2.45) is 5.73 Å². The summed E-state index contributed by atoms with van der Waals surface area (Å²) in [6.45, 7) is 1.11. The Morgan fingerprint density at radius 2 is 2.07 bits per heavy atom. The number of halogens is 1. The zero-order valence-electron chi connectivity index (χ0n) is 8.99. The molecule has 2 unspecified atom stereocenters. The van der Waals surface area contributed by atoms with Crippen LogP contribution in [-0.4, -0.2) is 30.6 Å². The lowest BCUT2D eigenvalue weighted by atomic mass is 10.0. The van der Waals surface area contributed by atoms with Gasteiger partial charge in [-0.05, 0) is 44.1 Å². The van der Waals surface area contributed by atoms with Gasteiger partial charge in [-0.15, -0.1) is 0 Å². The summed E-state index contributed by atoms with van der Waals surface area (Å²) in [6, 6.07) is 8.84. The van der Waals surface area contributed by atoms with Crippen LogP contribution >= 0.6 is 11.6 Å². The van der Waals surface area contributed by atoms with Gasteiger partial charge in [-0.1, -0.05) is 23.7 Å². The summed E-state index contributed by atoms with van der Waals surface area (Å²) in [5, 5.41) is 0.794. The number of hydrogen-bond donors (Lipinski definition) is 1. The van der Waals surface area contributed by atoms with Crippen LogP contribution < -0.4 is 5.73 Å². The Kier molecular flexibility index (Phi) is 3.29. The molecule has 82 valence electrons. The minimum absolute atomic E-state index is 0.311. The van der Waals surface area contributed by atoms with Gasteiger partial charge in [-0.2, -0.15) is 0 Å². The van der Waals surface area contributed by atoms with Gasteiger partial charge in [0.25, 0.3) is 0 Å². The fourth-order valence-corrected chi connectivity index (χ4v) is 2.33. The van der Waals surface area contributed by atoms with Gasteiger partial charge in [0, 0.05) is 17.1 Å². The average Bonchev–Trinajstić information content (AvgIpc) is 2.53. The van der Waals surface area contributed by atoms with E-state index in [2.05, 4.69) is 24.1 Å². The lowest BCUT2D eigenvalue weighted by Gasteiger charge is -2.22. The fourth-order valence-electron chi connectivity index (χ4n) is 2.21.